The molecule has 19 heavy (non-hydrogen) atoms. The van der Waals surface area contributed by atoms with Crippen molar-refractivity contribution >= 4 is 5.97 Å². The van der Waals surface area contributed by atoms with E-state index in [1.54, 1.807) is 0 Å². The molecule has 108 valence electrons. The predicted molar refractivity (Wildman–Crippen MR) is 71.6 cm³/mol. The van der Waals surface area contributed by atoms with Gasteiger partial charge in [0.15, 0.2) is 0 Å². The summed E-state index contributed by atoms with van der Waals surface area (Å²) in [4.78, 5) is 10.8. The smallest absolute Gasteiger partial charge is 0.304 e. The maximum absolute atomic E-state index is 10.8. The number of aliphatic hydroxyl groups excluding tert-OH is 2. The Morgan fingerprint density at radius 1 is 1.37 bits per heavy atom. The minimum Gasteiger partial charge on any atom is -0.481 e. The molecule has 2 aliphatic carbocycles. The van der Waals surface area contributed by atoms with Gasteiger partial charge in [0.25, 0.3) is 0 Å². The summed E-state index contributed by atoms with van der Waals surface area (Å²) in [6, 6.07) is 0. The van der Waals surface area contributed by atoms with Crippen molar-refractivity contribution in [2.24, 2.45) is 11.8 Å². The van der Waals surface area contributed by atoms with Crippen LogP contribution in [0.1, 0.15) is 51.4 Å². The van der Waals surface area contributed by atoms with Gasteiger partial charge in [-0.3, -0.25) is 4.79 Å². The van der Waals surface area contributed by atoms with Gasteiger partial charge in [0, 0.05) is 5.92 Å². The lowest BCUT2D eigenvalue weighted by Crippen LogP contribution is -2.22. The van der Waals surface area contributed by atoms with Crippen molar-refractivity contribution in [2.75, 3.05) is 0 Å². The van der Waals surface area contributed by atoms with Gasteiger partial charge in [-0.05, 0) is 38.0 Å². The maximum atomic E-state index is 10.8. The molecular weight excluding hydrogens is 244 g/mol. The van der Waals surface area contributed by atoms with Gasteiger partial charge in [-0.25, -0.2) is 0 Å². The van der Waals surface area contributed by atoms with E-state index in [0.29, 0.717) is 25.2 Å². The van der Waals surface area contributed by atoms with E-state index in [2.05, 4.69) is 0 Å². The van der Waals surface area contributed by atoms with Crippen LogP contribution in [0.3, 0.4) is 0 Å². The van der Waals surface area contributed by atoms with Crippen molar-refractivity contribution in [3.05, 3.63) is 11.6 Å². The molecule has 3 N–H and O–H groups in total. The molecule has 0 aromatic carbocycles. The van der Waals surface area contributed by atoms with Crippen LogP contribution in [-0.4, -0.2) is 33.5 Å². The minimum atomic E-state index is -0.867. The van der Waals surface area contributed by atoms with Gasteiger partial charge in [-0.15, -0.1) is 0 Å². The van der Waals surface area contributed by atoms with Gasteiger partial charge in [0.05, 0.1) is 18.6 Å². The number of carboxylic acids is 1. The number of rotatable bonds is 6. The Hall–Kier alpha value is -0.870. The van der Waals surface area contributed by atoms with Crippen LogP contribution in [0.25, 0.3) is 0 Å². The average Bonchev–Trinajstić information content (AvgIpc) is 2.98. The Bertz CT molecular complexity index is 344. The van der Waals surface area contributed by atoms with Crippen LogP contribution in [0.4, 0.5) is 0 Å². The van der Waals surface area contributed by atoms with Crippen molar-refractivity contribution in [3.8, 4) is 0 Å². The number of aliphatic carboxylic acids is 1. The second-order valence-corrected chi connectivity index (χ2v) is 5.94. The van der Waals surface area contributed by atoms with Gasteiger partial charge in [0.2, 0.25) is 0 Å². The first-order chi connectivity index (χ1) is 9.08. The molecular formula is C15H24O4. The average molecular weight is 268 g/mol. The van der Waals surface area contributed by atoms with Crippen LogP contribution >= 0.6 is 0 Å². The zero-order valence-corrected chi connectivity index (χ0v) is 11.3. The van der Waals surface area contributed by atoms with E-state index in [-0.39, 0.29) is 18.4 Å². The van der Waals surface area contributed by atoms with Gasteiger partial charge in [-0.1, -0.05) is 24.5 Å². The molecule has 1 saturated carbocycles. The van der Waals surface area contributed by atoms with Crippen molar-refractivity contribution in [1.29, 1.82) is 0 Å². The zero-order chi connectivity index (χ0) is 13.8. The first-order valence-electron chi connectivity index (χ1n) is 7.34. The quantitative estimate of drug-likeness (QED) is 0.645. The standard InChI is InChI=1S/C15H24O4/c16-13(11-3-1-2-4-11)7-5-10-6-8-14(17)12(10)9-15(18)19/h6,11-14,16-17H,1-5,7-9H2,(H,18,19). The number of aliphatic hydroxyl groups is 2. The molecule has 0 aromatic heterocycles. The summed E-state index contributed by atoms with van der Waals surface area (Å²) in [6.07, 6.45) is 7.73. The van der Waals surface area contributed by atoms with Crippen molar-refractivity contribution in [1.82, 2.24) is 0 Å². The summed E-state index contributed by atoms with van der Waals surface area (Å²) in [5.74, 6) is -0.702. The van der Waals surface area contributed by atoms with Crippen LogP contribution in [0.2, 0.25) is 0 Å². The summed E-state index contributed by atoms with van der Waals surface area (Å²) < 4.78 is 0. The summed E-state index contributed by atoms with van der Waals surface area (Å²) in [7, 11) is 0. The molecule has 0 heterocycles. The molecule has 0 bridgehead atoms. The zero-order valence-electron chi connectivity index (χ0n) is 11.3. The van der Waals surface area contributed by atoms with Crippen molar-refractivity contribution in [2.45, 2.75) is 63.6 Å². The Labute approximate surface area is 114 Å². The van der Waals surface area contributed by atoms with Crippen molar-refractivity contribution in [3.63, 3.8) is 0 Å². The van der Waals surface area contributed by atoms with E-state index >= 15 is 0 Å². The van der Waals surface area contributed by atoms with Crippen LogP contribution < -0.4 is 0 Å². The van der Waals surface area contributed by atoms with E-state index in [9.17, 15) is 15.0 Å². The van der Waals surface area contributed by atoms with Gasteiger partial charge < -0.3 is 15.3 Å². The molecule has 0 aliphatic heterocycles. The fourth-order valence-electron chi connectivity index (χ4n) is 3.47. The second kappa shape index (κ2) is 6.53. The number of hydrogen-bond donors (Lipinski definition) is 3. The molecule has 0 spiro atoms. The van der Waals surface area contributed by atoms with Crippen LogP contribution in [0.15, 0.2) is 11.6 Å². The van der Waals surface area contributed by atoms with Gasteiger partial charge in [-0.2, -0.15) is 0 Å². The summed E-state index contributed by atoms with van der Waals surface area (Å²) in [5.41, 5.74) is 1.02. The molecule has 3 unspecified atom stereocenters. The molecule has 0 radical (unpaired) electrons. The topological polar surface area (TPSA) is 77.8 Å². The number of carboxylic acid groups (broad SMARTS) is 1. The molecule has 4 nitrogen and oxygen atoms in total. The molecule has 0 aromatic rings. The van der Waals surface area contributed by atoms with Crippen LogP contribution in [0.5, 0.6) is 0 Å². The molecule has 3 atom stereocenters. The monoisotopic (exact) mass is 268 g/mol. The Kier molecular flexibility index (Phi) is 4.99. The second-order valence-electron chi connectivity index (χ2n) is 5.94. The highest BCUT2D eigenvalue weighted by molar-refractivity contribution is 5.67. The van der Waals surface area contributed by atoms with E-state index in [1.165, 1.54) is 12.8 Å². The van der Waals surface area contributed by atoms with Crippen molar-refractivity contribution < 1.29 is 20.1 Å². The molecule has 1 fully saturated rings. The first kappa shape index (κ1) is 14.5. The Morgan fingerprint density at radius 3 is 2.68 bits per heavy atom. The lowest BCUT2D eigenvalue weighted by Gasteiger charge is -2.21. The normalized spacial score (nSPS) is 29.5. The maximum Gasteiger partial charge on any atom is 0.304 e. The van der Waals surface area contributed by atoms with Crippen LogP contribution in [-0.2, 0) is 4.79 Å². The highest BCUT2D eigenvalue weighted by atomic mass is 16.4. The lowest BCUT2D eigenvalue weighted by molar-refractivity contribution is -0.138. The third-order valence-corrected chi connectivity index (χ3v) is 4.63. The summed E-state index contributed by atoms with van der Waals surface area (Å²) >= 11 is 0. The highest BCUT2D eigenvalue weighted by Crippen LogP contribution is 2.35. The number of carbonyl (C=O) groups is 1. The highest BCUT2D eigenvalue weighted by Gasteiger charge is 2.31. The fourth-order valence-corrected chi connectivity index (χ4v) is 3.47. The summed E-state index contributed by atoms with van der Waals surface area (Å²) in [5, 5.41) is 28.8. The third kappa shape index (κ3) is 3.80. The Morgan fingerprint density at radius 2 is 2.05 bits per heavy atom. The molecule has 0 amide bonds. The van der Waals surface area contributed by atoms with Gasteiger partial charge >= 0.3 is 5.97 Å². The predicted octanol–water partition coefficient (Wildman–Crippen LogP) is 2.10. The first-order valence-corrected chi connectivity index (χ1v) is 7.34. The lowest BCUT2D eigenvalue weighted by atomic mass is 9.89. The van der Waals surface area contributed by atoms with Gasteiger partial charge in [0.1, 0.15) is 0 Å². The molecule has 4 heteroatoms. The number of hydrogen-bond acceptors (Lipinski definition) is 3. The molecule has 0 saturated heterocycles. The van der Waals surface area contributed by atoms with E-state index in [1.807, 2.05) is 6.08 Å². The summed E-state index contributed by atoms with van der Waals surface area (Å²) in [6.45, 7) is 0. The minimum absolute atomic E-state index is 0.00742. The molecule has 2 aliphatic rings. The SMILES string of the molecule is O=C(O)CC1C(CCC(O)C2CCCC2)=CCC1O. The van der Waals surface area contributed by atoms with Crippen LogP contribution in [0, 0.1) is 11.8 Å². The van der Waals surface area contributed by atoms with E-state index < -0.39 is 12.1 Å². The largest absolute Gasteiger partial charge is 0.481 e. The van der Waals surface area contributed by atoms with E-state index in [0.717, 1.165) is 18.4 Å². The third-order valence-electron chi connectivity index (χ3n) is 4.63. The Balaban J connectivity index is 1.82. The fraction of sp³-hybridized carbons (Fsp3) is 0.800. The molecule has 2 rings (SSSR count). The van der Waals surface area contributed by atoms with E-state index in [4.69, 9.17) is 5.11 Å².